The van der Waals surface area contributed by atoms with E-state index in [1.165, 1.54) is 0 Å². The minimum Gasteiger partial charge on any atom is -0.411 e. The summed E-state index contributed by atoms with van der Waals surface area (Å²) in [7, 11) is -6.33. The van der Waals surface area contributed by atoms with Crippen LogP contribution in [0.3, 0.4) is 0 Å². The van der Waals surface area contributed by atoms with E-state index in [1.54, 1.807) is 0 Å². The van der Waals surface area contributed by atoms with Crippen LogP contribution >= 0.6 is 22.2 Å². The smallest absolute Gasteiger partial charge is 0.284 e. The van der Waals surface area contributed by atoms with E-state index in [0.29, 0.717) is 0 Å². The third kappa shape index (κ3) is 5.33. The quantitative estimate of drug-likeness (QED) is 0.327. The van der Waals surface area contributed by atoms with Gasteiger partial charge in [-0.15, -0.1) is 11.1 Å². The highest BCUT2D eigenvalue weighted by molar-refractivity contribution is 7.20. The summed E-state index contributed by atoms with van der Waals surface area (Å²) >= 11 is 13.3. The molecule has 1 atom stereocenters. The van der Waals surface area contributed by atoms with Crippen molar-refractivity contribution in [1.82, 2.24) is 0 Å². The maximum Gasteiger partial charge on any atom is 0.284 e. The zero-order chi connectivity index (χ0) is 18.0. The van der Waals surface area contributed by atoms with Crippen molar-refractivity contribution in [1.29, 1.82) is 0 Å². The molecule has 0 aromatic carbocycles. The third-order valence-corrected chi connectivity index (χ3v) is 14.7. The van der Waals surface area contributed by atoms with Crippen molar-refractivity contribution in [2.45, 2.75) is 96.7 Å². The molecule has 0 fully saturated rings. The van der Waals surface area contributed by atoms with Crippen LogP contribution in [0.15, 0.2) is 0 Å². The summed E-state index contributed by atoms with van der Waals surface area (Å²) in [5.41, 5.74) is 0. The Hall–Kier alpha value is 1.15. The molecule has 0 spiro atoms. The fourth-order valence-electron chi connectivity index (χ4n) is 3.10. The molecule has 0 heterocycles. The van der Waals surface area contributed by atoms with Gasteiger partial charge in [-0.1, -0.05) is 33.9 Å². The zero-order valence-electron chi connectivity index (χ0n) is 16.2. The minimum atomic E-state index is -2.18. The van der Waals surface area contributed by atoms with Crippen LogP contribution in [0.1, 0.15) is 47.0 Å². The summed E-state index contributed by atoms with van der Waals surface area (Å²) in [4.78, 5) is 0. The molecule has 0 aromatic heterocycles. The Balaban J connectivity index is 5.73. The number of rotatable bonds is 9. The second-order valence-electron chi connectivity index (χ2n) is 7.84. The Kier molecular flexibility index (Phi) is 7.98. The fourth-order valence-corrected chi connectivity index (χ4v) is 13.2. The molecule has 0 aliphatic carbocycles. The molecular formula is C15H36Cl2O2Si3. The van der Waals surface area contributed by atoms with E-state index in [-0.39, 0.29) is 10.4 Å². The highest BCUT2D eigenvalue weighted by atomic mass is 35.6. The maximum absolute atomic E-state index is 6.84. The van der Waals surface area contributed by atoms with Gasteiger partial charge >= 0.3 is 0 Å². The first-order valence-corrected chi connectivity index (χ1v) is 19.2. The fraction of sp³-hybridized carbons (Fsp3) is 1.00. The van der Waals surface area contributed by atoms with Gasteiger partial charge in [-0.05, 0) is 52.4 Å². The number of halogens is 2. The van der Waals surface area contributed by atoms with Gasteiger partial charge in [-0.25, -0.2) is 0 Å². The van der Waals surface area contributed by atoms with Gasteiger partial charge in [0.1, 0.15) is 0 Å². The standard InChI is InChI=1S/C15H36Cl2O2Si3/c1-11-14(4,20(5,6)16)18-21(7,8)15(12-2,13-3)19-22(9,10)17/h11-13H2,1-10H3. The molecule has 0 radical (unpaired) electrons. The van der Waals surface area contributed by atoms with Crippen molar-refractivity contribution >= 4 is 45.5 Å². The molecule has 134 valence electrons. The lowest BCUT2D eigenvalue weighted by atomic mass is 10.2. The Morgan fingerprint density at radius 2 is 1.18 bits per heavy atom. The van der Waals surface area contributed by atoms with E-state index in [2.05, 4.69) is 53.9 Å². The predicted octanol–water partition coefficient (Wildman–Crippen LogP) is 6.42. The Bertz CT molecular complexity index is 361. The van der Waals surface area contributed by atoms with E-state index in [1.807, 2.05) is 13.1 Å². The van der Waals surface area contributed by atoms with Crippen LogP contribution in [-0.2, 0) is 8.85 Å². The largest absolute Gasteiger partial charge is 0.411 e. The van der Waals surface area contributed by atoms with Crippen molar-refractivity contribution in [2.24, 2.45) is 0 Å². The summed E-state index contributed by atoms with van der Waals surface area (Å²) in [6, 6.07) is 0. The lowest BCUT2D eigenvalue weighted by Crippen LogP contribution is -2.66. The predicted molar refractivity (Wildman–Crippen MR) is 108 cm³/mol. The SMILES string of the molecule is CCC(C)(O[Si](C)(C)C(CC)(CC)O[Si](C)(C)Cl)[Si](C)(C)Cl. The Morgan fingerprint density at radius 3 is 1.41 bits per heavy atom. The van der Waals surface area contributed by atoms with Crippen molar-refractivity contribution in [2.75, 3.05) is 0 Å². The van der Waals surface area contributed by atoms with Gasteiger partial charge in [0.2, 0.25) is 8.32 Å². The van der Waals surface area contributed by atoms with Crippen molar-refractivity contribution in [3.8, 4) is 0 Å². The van der Waals surface area contributed by atoms with E-state index >= 15 is 0 Å². The lowest BCUT2D eigenvalue weighted by Gasteiger charge is -2.52. The summed E-state index contributed by atoms with van der Waals surface area (Å²) in [6.45, 7) is 21.7. The van der Waals surface area contributed by atoms with Gasteiger partial charge < -0.3 is 8.85 Å². The van der Waals surface area contributed by atoms with E-state index in [9.17, 15) is 0 Å². The molecule has 22 heavy (non-hydrogen) atoms. The topological polar surface area (TPSA) is 18.5 Å². The van der Waals surface area contributed by atoms with Crippen LogP contribution < -0.4 is 0 Å². The van der Waals surface area contributed by atoms with E-state index in [4.69, 9.17) is 31.0 Å². The Morgan fingerprint density at radius 1 is 0.773 bits per heavy atom. The third-order valence-electron chi connectivity index (χ3n) is 5.09. The summed E-state index contributed by atoms with van der Waals surface area (Å²) in [6.07, 6.45) is 2.78. The molecule has 0 aliphatic rings. The van der Waals surface area contributed by atoms with Gasteiger partial charge in [-0.2, -0.15) is 11.1 Å². The van der Waals surface area contributed by atoms with Crippen molar-refractivity contribution in [3.63, 3.8) is 0 Å². The maximum atomic E-state index is 6.84. The van der Waals surface area contributed by atoms with Gasteiger partial charge in [-0.3, -0.25) is 0 Å². The molecule has 0 aromatic rings. The summed E-state index contributed by atoms with van der Waals surface area (Å²) in [5, 5.41) is -0.501. The lowest BCUT2D eigenvalue weighted by molar-refractivity contribution is 0.0666. The summed E-state index contributed by atoms with van der Waals surface area (Å²) in [5.74, 6) is 0. The average Bonchev–Trinajstić information content (AvgIpc) is 2.32. The molecule has 0 N–H and O–H groups in total. The van der Waals surface area contributed by atoms with E-state index < -0.39 is 23.3 Å². The van der Waals surface area contributed by atoms with Crippen LogP contribution in [0.5, 0.6) is 0 Å². The molecule has 2 nitrogen and oxygen atoms in total. The molecule has 0 bridgehead atoms. The minimum absolute atomic E-state index is 0.249. The number of hydrogen-bond acceptors (Lipinski definition) is 2. The first-order chi connectivity index (χ1) is 9.60. The number of hydrogen-bond donors (Lipinski definition) is 0. The normalized spacial score (nSPS) is 17.5. The molecule has 0 amide bonds. The molecular weight excluding hydrogens is 367 g/mol. The summed E-state index contributed by atoms with van der Waals surface area (Å²) < 4.78 is 13.3. The van der Waals surface area contributed by atoms with Crippen LogP contribution in [0, 0.1) is 0 Å². The van der Waals surface area contributed by atoms with E-state index in [0.717, 1.165) is 19.3 Å². The highest BCUT2D eigenvalue weighted by Gasteiger charge is 2.55. The Labute approximate surface area is 150 Å². The molecule has 0 rings (SSSR count). The second kappa shape index (κ2) is 7.58. The average molecular weight is 404 g/mol. The van der Waals surface area contributed by atoms with Crippen LogP contribution in [0.2, 0.25) is 39.3 Å². The van der Waals surface area contributed by atoms with Gasteiger partial charge in [0.15, 0.2) is 7.38 Å². The monoisotopic (exact) mass is 402 g/mol. The molecule has 0 saturated heterocycles. The zero-order valence-corrected chi connectivity index (χ0v) is 20.7. The van der Waals surface area contributed by atoms with Crippen molar-refractivity contribution < 1.29 is 8.85 Å². The second-order valence-corrected chi connectivity index (χ2v) is 24.5. The van der Waals surface area contributed by atoms with Gasteiger partial charge in [0.25, 0.3) is 7.63 Å². The van der Waals surface area contributed by atoms with Crippen molar-refractivity contribution in [3.05, 3.63) is 0 Å². The van der Waals surface area contributed by atoms with Crippen LogP contribution in [0.25, 0.3) is 0 Å². The molecule has 1 unspecified atom stereocenters. The van der Waals surface area contributed by atoms with Crippen LogP contribution in [0.4, 0.5) is 0 Å². The molecule has 0 saturated carbocycles. The molecule has 0 aliphatic heterocycles. The van der Waals surface area contributed by atoms with Gasteiger partial charge in [0, 0.05) is 0 Å². The first kappa shape index (κ1) is 23.2. The van der Waals surface area contributed by atoms with Gasteiger partial charge in [0.05, 0.1) is 10.4 Å². The molecule has 7 heteroatoms. The van der Waals surface area contributed by atoms with Crippen LogP contribution in [-0.4, -0.2) is 33.8 Å². The first-order valence-electron chi connectivity index (χ1n) is 8.38. The highest BCUT2D eigenvalue weighted by Crippen LogP contribution is 2.42.